The molecule has 6 heteroatoms. The molecule has 4 nitrogen and oxygen atoms in total. The average Bonchev–Trinajstić information content (AvgIpc) is 2.96. The van der Waals surface area contributed by atoms with Crippen molar-refractivity contribution in [2.75, 3.05) is 18.3 Å². The van der Waals surface area contributed by atoms with E-state index in [2.05, 4.69) is 5.32 Å². The summed E-state index contributed by atoms with van der Waals surface area (Å²) in [6.45, 7) is 0. The van der Waals surface area contributed by atoms with Crippen molar-refractivity contribution in [3.05, 3.63) is 41.3 Å². The molecule has 22 heavy (non-hydrogen) atoms. The Balaban J connectivity index is 2.33. The summed E-state index contributed by atoms with van der Waals surface area (Å²) in [5.41, 5.74) is 2.04. The third-order valence-corrected chi connectivity index (χ3v) is 4.22. The molecule has 1 aromatic heterocycles. The molecule has 0 unspecified atom stereocenters. The van der Waals surface area contributed by atoms with E-state index >= 15 is 0 Å². The van der Waals surface area contributed by atoms with E-state index in [0.717, 1.165) is 11.1 Å². The monoisotopic (exact) mass is 337 g/mol. The largest absolute Gasteiger partial charge is 0.465 e. The van der Waals surface area contributed by atoms with Crippen LogP contribution in [0.2, 0.25) is 0 Å². The lowest BCUT2D eigenvalue weighted by Crippen LogP contribution is -2.13. The number of anilines is 1. The zero-order valence-electron chi connectivity index (χ0n) is 12.1. The highest BCUT2D eigenvalue weighted by atomic mass is 35.5. The maximum atomic E-state index is 12.1. The van der Waals surface area contributed by atoms with Gasteiger partial charge in [0, 0.05) is 23.2 Å². The van der Waals surface area contributed by atoms with E-state index in [-0.39, 0.29) is 5.91 Å². The van der Waals surface area contributed by atoms with Crippen LogP contribution in [0.25, 0.3) is 11.1 Å². The summed E-state index contributed by atoms with van der Waals surface area (Å²) < 4.78 is 4.86. The lowest BCUT2D eigenvalue weighted by atomic mass is 10.0. The van der Waals surface area contributed by atoms with Gasteiger partial charge in [0.15, 0.2) is 0 Å². The number of hydrogen-bond acceptors (Lipinski definition) is 4. The van der Waals surface area contributed by atoms with Crippen LogP contribution in [-0.2, 0) is 9.53 Å². The molecular formula is C16H16ClNO3S. The zero-order valence-corrected chi connectivity index (χ0v) is 13.7. The summed E-state index contributed by atoms with van der Waals surface area (Å²) in [6, 6.07) is 9.52. The predicted octanol–water partition coefficient (Wildman–Crippen LogP) is 4.16. The van der Waals surface area contributed by atoms with Crippen LogP contribution in [0.15, 0.2) is 35.7 Å². The number of amides is 1. The third-order valence-electron chi connectivity index (χ3n) is 3.06. The van der Waals surface area contributed by atoms with Crippen LogP contribution in [0.5, 0.6) is 0 Å². The van der Waals surface area contributed by atoms with Crippen LogP contribution in [0.4, 0.5) is 5.00 Å². The first-order valence-corrected chi connectivity index (χ1v) is 8.19. The van der Waals surface area contributed by atoms with E-state index in [4.69, 9.17) is 16.3 Å². The summed E-state index contributed by atoms with van der Waals surface area (Å²) >= 11 is 6.90. The third kappa shape index (κ3) is 3.87. The van der Waals surface area contributed by atoms with E-state index in [9.17, 15) is 9.59 Å². The van der Waals surface area contributed by atoms with Crippen molar-refractivity contribution in [3.8, 4) is 11.1 Å². The molecule has 1 heterocycles. The normalized spacial score (nSPS) is 10.3. The molecule has 1 amide bonds. The van der Waals surface area contributed by atoms with Crippen LogP contribution in [0.1, 0.15) is 23.2 Å². The molecule has 2 aromatic rings. The molecule has 0 saturated carbocycles. The number of halogens is 1. The van der Waals surface area contributed by atoms with Crippen LogP contribution in [0, 0.1) is 0 Å². The van der Waals surface area contributed by atoms with E-state index in [1.54, 1.807) is 0 Å². The highest BCUT2D eigenvalue weighted by Crippen LogP contribution is 2.36. The second-order valence-corrected chi connectivity index (χ2v) is 5.81. The minimum absolute atomic E-state index is 0.160. The Labute approximate surface area is 138 Å². The van der Waals surface area contributed by atoms with Crippen molar-refractivity contribution in [1.29, 1.82) is 0 Å². The van der Waals surface area contributed by atoms with Gasteiger partial charge in [-0.25, -0.2) is 4.79 Å². The number of nitrogens with one attached hydrogen (secondary N) is 1. The van der Waals surface area contributed by atoms with E-state index in [1.807, 2.05) is 35.7 Å². The maximum absolute atomic E-state index is 12.1. The molecule has 1 N–H and O–H groups in total. The number of alkyl halides is 1. The van der Waals surface area contributed by atoms with Crippen molar-refractivity contribution in [2.45, 2.75) is 12.8 Å². The molecule has 0 aliphatic carbocycles. The van der Waals surface area contributed by atoms with Crippen molar-refractivity contribution in [2.24, 2.45) is 0 Å². The molecule has 0 atom stereocenters. The molecular weight excluding hydrogens is 322 g/mol. The van der Waals surface area contributed by atoms with E-state index in [1.165, 1.54) is 18.4 Å². The SMILES string of the molecule is COC(=O)c1c(-c2ccccc2)csc1NC(=O)CCCCl. The lowest BCUT2D eigenvalue weighted by Gasteiger charge is -2.07. The molecule has 0 aliphatic rings. The quantitative estimate of drug-likeness (QED) is 0.636. The predicted molar refractivity (Wildman–Crippen MR) is 89.7 cm³/mol. The topological polar surface area (TPSA) is 55.4 Å². The fourth-order valence-electron chi connectivity index (χ4n) is 2.00. The van der Waals surface area contributed by atoms with Gasteiger partial charge in [-0.3, -0.25) is 4.79 Å². The summed E-state index contributed by atoms with van der Waals surface area (Å²) in [5, 5.41) is 5.12. The van der Waals surface area contributed by atoms with Gasteiger partial charge in [-0.1, -0.05) is 30.3 Å². The summed E-state index contributed by atoms with van der Waals surface area (Å²) in [4.78, 5) is 24.0. The van der Waals surface area contributed by atoms with E-state index < -0.39 is 5.97 Å². The summed E-state index contributed by atoms with van der Waals surface area (Å²) in [6.07, 6.45) is 0.917. The molecule has 0 bridgehead atoms. The smallest absolute Gasteiger partial charge is 0.341 e. The van der Waals surface area contributed by atoms with Gasteiger partial charge < -0.3 is 10.1 Å². The Kier molecular flexibility index (Phi) is 5.98. The first-order chi connectivity index (χ1) is 10.7. The van der Waals surface area contributed by atoms with Crippen LogP contribution in [-0.4, -0.2) is 24.9 Å². The number of rotatable bonds is 6. The first-order valence-electron chi connectivity index (χ1n) is 6.78. The Morgan fingerprint density at radius 2 is 2.00 bits per heavy atom. The number of ether oxygens (including phenoxy) is 1. The molecule has 0 aliphatic heterocycles. The maximum Gasteiger partial charge on any atom is 0.341 e. The second kappa shape index (κ2) is 7.96. The minimum Gasteiger partial charge on any atom is -0.465 e. The van der Waals surface area contributed by atoms with Crippen LogP contribution < -0.4 is 5.32 Å². The van der Waals surface area contributed by atoms with Gasteiger partial charge in [0.2, 0.25) is 5.91 Å². The van der Waals surface area contributed by atoms with Gasteiger partial charge in [-0.2, -0.15) is 0 Å². The van der Waals surface area contributed by atoms with Crippen molar-refractivity contribution < 1.29 is 14.3 Å². The summed E-state index contributed by atoms with van der Waals surface area (Å²) in [5.74, 6) is -0.197. The number of carbonyl (C=O) groups is 2. The Morgan fingerprint density at radius 3 is 2.64 bits per heavy atom. The first kappa shape index (κ1) is 16.5. The summed E-state index contributed by atoms with van der Waals surface area (Å²) in [7, 11) is 1.33. The van der Waals surface area contributed by atoms with Crippen molar-refractivity contribution >= 4 is 39.8 Å². The number of carbonyl (C=O) groups excluding carboxylic acids is 2. The zero-order chi connectivity index (χ0) is 15.9. The molecule has 2 rings (SSSR count). The number of thiophene rings is 1. The second-order valence-electron chi connectivity index (χ2n) is 4.55. The molecule has 0 spiro atoms. The number of methoxy groups -OCH3 is 1. The van der Waals surface area contributed by atoms with Gasteiger partial charge >= 0.3 is 5.97 Å². The molecule has 1 aromatic carbocycles. The minimum atomic E-state index is -0.465. The Bertz CT molecular complexity index is 655. The Morgan fingerprint density at radius 1 is 1.27 bits per heavy atom. The average molecular weight is 338 g/mol. The van der Waals surface area contributed by atoms with Crippen LogP contribution >= 0.6 is 22.9 Å². The van der Waals surface area contributed by atoms with Gasteiger partial charge in [0.1, 0.15) is 10.6 Å². The molecule has 0 fully saturated rings. The van der Waals surface area contributed by atoms with Crippen molar-refractivity contribution in [3.63, 3.8) is 0 Å². The van der Waals surface area contributed by atoms with Gasteiger partial charge in [-0.15, -0.1) is 22.9 Å². The van der Waals surface area contributed by atoms with E-state index in [0.29, 0.717) is 29.3 Å². The molecule has 116 valence electrons. The lowest BCUT2D eigenvalue weighted by molar-refractivity contribution is -0.116. The Hall–Kier alpha value is -1.85. The van der Waals surface area contributed by atoms with Gasteiger partial charge in [-0.05, 0) is 12.0 Å². The molecule has 0 radical (unpaired) electrons. The van der Waals surface area contributed by atoms with Gasteiger partial charge in [0.25, 0.3) is 0 Å². The highest BCUT2D eigenvalue weighted by Gasteiger charge is 2.22. The number of hydrogen-bond donors (Lipinski definition) is 1. The van der Waals surface area contributed by atoms with Crippen LogP contribution in [0.3, 0.4) is 0 Å². The fraction of sp³-hybridized carbons (Fsp3) is 0.250. The van der Waals surface area contributed by atoms with Crippen molar-refractivity contribution in [1.82, 2.24) is 0 Å². The standard InChI is InChI=1S/C16H16ClNO3S/c1-21-16(20)14-12(11-6-3-2-4-7-11)10-22-15(14)18-13(19)8-5-9-17/h2-4,6-7,10H,5,8-9H2,1H3,(H,18,19). The number of benzene rings is 1. The number of esters is 1. The van der Waals surface area contributed by atoms with Gasteiger partial charge in [0.05, 0.1) is 7.11 Å². The fourth-order valence-corrected chi connectivity index (χ4v) is 3.11. The highest BCUT2D eigenvalue weighted by molar-refractivity contribution is 7.15. The molecule has 0 saturated heterocycles.